The maximum absolute atomic E-state index is 11.9. The van der Waals surface area contributed by atoms with E-state index in [1.165, 1.54) is 0 Å². The Kier molecular flexibility index (Phi) is 6.88. The number of hydrogen-bond acceptors (Lipinski definition) is 4. The molecule has 0 aliphatic rings. The number of aliphatic carboxylic acids is 1. The van der Waals surface area contributed by atoms with Crippen LogP contribution in [0.5, 0.6) is 0 Å². The van der Waals surface area contributed by atoms with Crippen LogP contribution in [0.2, 0.25) is 0 Å². The molecule has 1 N–H and O–H groups in total. The molecule has 0 saturated carbocycles. The molecule has 1 heterocycles. The van der Waals surface area contributed by atoms with Gasteiger partial charge in [-0.15, -0.1) is 0 Å². The van der Waals surface area contributed by atoms with Gasteiger partial charge in [0.1, 0.15) is 5.60 Å². The molecule has 142 valence electrons. The van der Waals surface area contributed by atoms with E-state index in [1.807, 2.05) is 63.2 Å². The van der Waals surface area contributed by atoms with E-state index in [9.17, 15) is 9.59 Å². The molecule has 0 aliphatic carbocycles. The van der Waals surface area contributed by atoms with Gasteiger partial charge in [0.05, 0.1) is 12.1 Å². The van der Waals surface area contributed by atoms with Gasteiger partial charge in [-0.3, -0.25) is 14.6 Å². The third-order valence-corrected chi connectivity index (χ3v) is 3.69. The lowest BCUT2D eigenvalue weighted by Gasteiger charge is -2.19. The number of esters is 1. The highest BCUT2D eigenvalue weighted by atomic mass is 16.6. The standard InChI is InChI=1S/C22H25NO4/c1-22(2,3)27-21(26)14-19-11-9-16(15-23-19)13-18(10-12-20(24)25)17-7-5-4-6-8-17/h4-9,11,13,15H,10,12,14H2,1-3H3,(H,24,25). The Balaban J connectivity index is 2.14. The van der Waals surface area contributed by atoms with Gasteiger partial charge in [-0.2, -0.15) is 0 Å². The van der Waals surface area contributed by atoms with Crippen LogP contribution >= 0.6 is 0 Å². The molecular formula is C22H25NO4. The van der Waals surface area contributed by atoms with Crippen molar-refractivity contribution in [1.29, 1.82) is 0 Å². The van der Waals surface area contributed by atoms with Crippen LogP contribution in [0, 0.1) is 0 Å². The fraction of sp³-hybridized carbons (Fsp3) is 0.318. The van der Waals surface area contributed by atoms with Gasteiger partial charge in [-0.05, 0) is 56.0 Å². The summed E-state index contributed by atoms with van der Waals surface area (Å²) in [6, 6.07) is 13.3. The topological polar surface area (TPSA) is 76.5 Å². The lowest BCUT2D eigenvalue weighted by Crippen LogP contribution is -2.25. The van der Waals surface area contributed by atoms with Gasteiger partial charge in [0, 0.05) is 12.6 Å². The van der Waals surface area contributed by atoms with Gasteiger partial charge in [0.2, 0.25) is 0 Å². The molecule has 0 bridgehead atoms. The minimum atomic E-state index is -0.831. The summed E-state index contributed by atoms with van der Waals surface area (Å²) in [5.74, 6) is -1.15. The molecule has 0 radical (unpaired) electrons. The van der Waals surface area contributed by atoms with Gasteiger partial charge >= 0.3 is 11.9 Å². The Morgan fingerprint density at radius 3 is 2.33 bits per heavy atom. The van der Waals surface area contributed by atoms with Gasteiger partial charge in [0.25, 0.3) is 0 Å². The average molecular weight is 367 g/mol. The first-order valence-electron chi connectivity index (χ1n) is 8.87. The third kappa shape index (κ3) is 7.44. The van der Waals surface area contributed by atoms with Crippen LogP contribution in [0.15, 0.2) is 48.7 Å². The van der Waals surface area contributed by atoms with Crippen molar-refractivity contribution in [2.75, 3.05) is 0 Å². The van der Waals surface area contributed by atoms with Crippen molar-refractivity contribution in [3.05, 3.63) is 65.5 Å². The molecule has 2 aromatic rings. The van der Waals surface area contributed by atoms with Crippen LogP contribution in [-0.2, 0) is 20.7 Å². The lowest BCUT2D eigenvalue weighted by molar-refractivity contribution is -0.154. The first kappa shape index (κ1) is 20.4. The number of carbonyl (C=O) groups excluding carboxylic acids is 1. The molecular weight excluding hydrogens is 342 g/mol. The van der Waals surface area contributed by atoms with E-state index in [0.717, 1.165) is 16.7 Å². The van der Waals surface area contributed by atoms with E-state index in [-0.39, 0.29) is 18.8 Å². The molecule has 0 fully saturated rings. The van der Waals surface area contributed by atoms with Crippen molar-refractivity contribution in [2.45, 2.75) is 45.6 Å². The molecule has 5 heteroatoms. The summed E-state index contributed by atoms with van der Waals surface area (Å²) in [7, 11) is 0. The second-order valence-electron chi connectivity index (χ2n) is 7.28. The SMILES string of the molecule is CC(C)(C)OC(=O)Cc1ccc(C=C(CCC(=O)O)c2ccccc2)cn1. The monoisotopic (exact) mass is 367 g/mol. The minimum Gasteiger partial charge on any atom is -0.481 e. The summed E-state index contributed by atoms with van der Waals surface area (Å²) in [4.78, 5) is 27.2. The minimum absolute atomic E-state index is 0.0604. The Morgan fingerprint density at radius 1 is 1.07 bits per heavy atom. The predicted molar refractivity (Wildman–Crippen MR) is 105 cm³/mol. The van der Waals surface area contributed by atoms with Gasteiger partial charge in [0.15, 0.2) is 0 Å². The number of ether oxygens (including phenoxy) is 1. The van der Waals surface area contributed by atoms with Crippen molar-refractivity contribution in [2.24, 2.45) is 0 Å². The van der Waals surface area contributed by atoms with Crippen LogP contribution in [-0.4, -0.2) is 27.6 Å². The number of carboxylic acids is 1. The van der Waals surface area contributed by atoms with E-state index in [4.69, 9.17) is 9.84 Å². The normalized spacial score (nSPS) is 11.9. The molecule has 0 spiro atoms. The molecule has 0 saturated heterocycles. The Bertz CT molecular complexity index is 802. The molecule has 5 nitrogen and oxygen atoms in total. The Labute approximate surface area is 159 Å². The van der Waals surface area contributed by atoms with E-state index >= 15 is 0 Å². The van der Waals surface area contributed by atoms with Crippen LogP contribution in [0.4, 0.5) is 0 Å². The number of hydrogen-bond donors (Lipinski definition) is 1. The number of rotatable bonds is 7. The number of pyridine rings is 1. The summed E-state index contributed by atoms with van der Waals surface area (Å²) in [6.07, 6.45) is 4.22. The number of aromatic nitrogens is 1. The van der Waals surface area contributed by atoms with Crippen molar-refractivity contribution in [3.63, 3.8) is 0 Å². The van der Waals surface area contributed by atoms with Crippen molar-refractivity contribution in [3.8, 4) is 0 Å². The molecule has 0 unspecified atom stereocenters. The maximum atomic E-state index is 11.9. The number of nitrogens with zero attached hydrogens (tertiary/aromatic N) is 1. The highest BCUT2D eigenvalue weighted by Crippen LogP contribution is 2.23. The summed E-state index contributed by atoms with van der Waals surface area (Å²) in [5.41, 5.74) is 2.88. The summed E-state index contributed by atoms with van der Waals surface area (Å²) in [5, 5.41) is 8.99. The van der Waals surface area contributed by atoms with Crippen LogP contribution in [0.25, 0.3) is 11.6 Å². The zero-order valence-corrected chi connectivity index (χ0v) is 15.9. The molecule has 0 aliphatic heterocycles. The van der Waals surface area contributed by atoms with E-state index < -0.39 is 11.6 Å². The van der Waals surface area contributed by atoms with Crippen molar-refractivity contribution < 1.29 is 19.4 Å². The Morgan fingerprint density at radius 2 is 1.78 bits per heavy atom. The number of carbonyl (C=O) groups is 2. The van der Waals surface area contributed by atoms with Gasteiger partial charge in [-0.25, -0.2) is 0 Å². The molecule has 1 aromatic carbocycles. The van der Waals surface area contributed by atoms with Gasteiger partial charge in [-0.1, -0.05) is 36.4 Å². The van der Waals surface area contributed by atoms with Crippen molar-refractivity contribution in [1.82, 2.24) is 4.98 Å². The Hall–Kier alpha value is -2.95. The smallest absolute Gasteiger partial charge is 0.312 e. The summed E-state index contributed by atoms with van der Waals surface area (Å²) >= 11 is 0. The molecule has 27 heavy (non-hydrogen) atoms. The average Bonchev–Trinajstić information content (AvgIpc) is 2.59. The molecule has 2 rings (SSSR count). The van der Waals surface area contributed by atoms with Gasteiger partial charge < -0.3 is 9.84 Å². The molecule has 0 amide bonds. The first-order chi connectivity index (χ1) is 12.7. The predicted octanol–water partition coefficient (Wildman–Crippen LogP) is 4.37. The van der Waals surface area contributed by atoms with E-state index in [2.05, 4.69) is 4.98 Å². The highest BCUT2D eigenvalue weighted by molar-refractivity contribution is 5.83. The zero-order valence-electron chi connectivity index (χ0n) is 15.9. The third-order valence-electron chi connectivity index (χ3n) is 3.69. The molecule has 0 atom stereocenters. The van der Waals surface area contributed by atoms with Crippen LogP contribution in [0.1, 0.15) is 50.4 Å². The van der Waals surface area contributed by atoms with Crippen LogP contribution in [0.3, 0.4) is 0 Å². The van der Waals surface area contributed by atoms with Crippen molar-refractivity contribution >= 4 is 23.6 Å². The fourth-order valence-electron chi connectivity index (χ4n) is 2.55. The maximum Gasteiger partial charge on any atom is 0.312 e. The zero-order chi connectivity index (χ0) is 19.9. The molecule has 1 aromatic heterocycles. The highest BCUT2D eigenvalue weighted by Gasteiger charge is 2.16. The lowest BCUT2D eigenvalue weighted by atomic mass is 9.99. The largest absolute Gasteiger partial charge is 0.481 e. The fourth-order valence-corrected chi connectivity index (χ4v) is 2.55. The summed E-state index contributed by atoms with van der Waals surface area (Å²) in [6.45, 7) is 5.48. The number of allylic oxidation sites excluding steroid dienone is 1. The van der Waals surface area contributed by atoms with E-state index in [1.54, 1.807) is 12.3 Å². The van der Waals surface area contributed by atoms with E-state index in [0.29, 0.717) is 12.1 Å². The quantitative estimate of drug-likeness (QED) is 0.735. The first-order valence-corrected chi connectivity index (χ1v) is 8.87. The second-order valence-corrected chi connectivity index (χ2v) is 7.28. The second kappa shape index (κ2) is 9.12. The number of benzene rings is 1. The summed E-state index contributed by atoms with van der Waals surface area (Å²) < 4.78 is 5.30. The number of carboxylic acid groups (broad SMARTS) is 1. The van der Waals surface area contributed by atoms with Crippen LogP contribution < -0.4 is 0 Å².